The Morgan fingerprint density at radius 3 is 2.87 bits per heavy atom. The first-order valence-corrected chi connectivity index (χ1v) is 11.2. The Labute approximate surface area is 183 Å². The van der Waals surface area contributed by atoms with Gasteiger partial charge in [0.1, 0.15) is 5.82 Å². The molecule has 2 aromatic heterocycles. The van der Waals surface area contributed by atoms with Crippen LogP contribution in [0.4, 0.5) is 4.39 Å². The van der Waals surface area contributed by atoms with Crippen molar-refractivity contribution in [3.05, 3.63) is 57.3 Å². The molecule has 4 rings (SSSR count). The summed E-state index contributed by atoms with van der Waals surface area (Å²) in [7, 11) is 0. The van der Waals surface area contributed by atoms with E-state index in [4.69, 9.17) is 16.0 Å². The minimum atomic E-state index is -0.347. The minimum absolute atomic E-state index is 0.151. The SMILES string of the molecule is O=C(CCc1nnc(-c2ccsc2)o1)NCC(c1c(F)cccc1Cl)N1CCCC1. The van der Waals surface area contributed by atoms with Crippen LogP contribution in [0.3, 0.4) is 0 Å². The fourth-order valence-electron chi connectivity index (χ4n) is 3.67. The van der Waals surface area contributed by atoms with Gasteiger partial charge in [-0.05, 0) is 49.5 Å². The topological polar surface area (TPSA) is 71.3 Å². The molecule has 3 heterocycles. The highest BCUT2D eigenvalue weighted by Gasteiger charge is 2.28. The molecule has 1 saturated heterocycles. The van der Waals surface area contributed by atoms with Gasteiger partial charge >= 0.3 is 0 Å². The Kier molecular flexibility index (Phi) is 6.76. The number of hydrogen-bond donors (Lipinski definition) is 1. The number of amides is 1. The van der Waals surface area contributed by atoms with E-state index in [1.165, 1.54) is 6.07 Å². The smallest absolute Gasteiger partial charge is 0.248 e. The fraction of sp³-hybridized carbons (Fsp3) is 0.381. The third kappa shape index (κ3) is 4.88. The zero-order valence-corrected chi connectivity index (χ0v) is 17.9. The number of rotatable bonds is 8. The van der Waals surface area contributed by atoms with Crippen LogP contribution >= 0.6 is 22.9 Å². The van der Waals surface area contributed by atoms with E-state index < -0.39 is 0 Å². The maximum Gasteiger partial charge on any atom is 0.248 e. The molecule has 158 valence electrons. The lowest BCUT2D eigenvalue weighted by Crippen LogP contribution is -2.37. The summed E-state index contributed by atoms with van der Waals surface area (Å²) in [5, 5.41) is 15.2. The van der Waals surface area contributed by atoms with Gasteiger partial charge in [0.15, 0.2) is 0 Å². The number of nitrogens with one attached hydrogen (secondary N) is 1. The third-order valence-corrected chi connectivity index (χ3v) is 6.22. The summed E-state index contributed by atoms with van der Waals surface area (Å²) in [5.41, 5.74) is 1.32. The van der Waals surface area contributed by atoms with Gasteiger partial charge in [-0.15, -0.1) is 10.2 Å². The van der Waals surface area contributed by atoms with Crippen molar-refractivity contribution in [3.8, 4) is 11.5 Å². The minimum Gasteiger partial charge on any atom is -0.421 e. The molecule has 1 unspecified atom stereocenters. The molecule has 6 nitrogen and oxygen atoms in total. The molecular weight excluding hydrogens is 427 g/mol. The van der Waals surface area contributed by atoms with Gasteiger partial charge in [0, 0.05) is 40.9 Å². The van der Waals surface area contributed by atoms with Gasteiger partial charge in [-0.1, -0.05) is 17.7 Å². The second-order valence-corrected chi connectivity index (χ2v) is 8.40. The number of aromatic nitrogens is 2. The fourth-order valence-corrected chi connectivity index (χ4v) is 4.59. The first kappa shape index (κ1) is 21.0. The van der Waals surface area contributed by atoms with Gasteiger partial charge in [-0.3, -0.25) is 9.69 Å². The van der Waals surface area contributed by atoms with Crippen LogP contribution in [0, 0.1) is 5.82 Å². The van der Waals surface area contributed by atoms with Gasteiger partial charge in [-0.2, -0.15) is 11.3 Å². The van der Waals surface area contributed by atoms with Gasteiger partial charge < -0.3 is 9.73 Å². The average molecular weight is 449 g/mol. The lowest BCUT2D eigenvalue weighted by atomic mass is 10.0. The third-order valence-electron chi connectivity index (χ3n) is 5.21. The second-order valence-electron chi connectivity index (χ2n) is 7.21. The van der Waals surface area contributed by atoms with E-state index in [-0.39, 0.29) is 24.2 Å². The highest BCUT2D eigenvalue weighted by molar-refractivity contribution is 7.08. The number of aryl methyl sites for hydroxylation is 1. The predicted octanol–water partition coefficient (Wildman–Crippen LogP) is 4.48. The molecule has 1 atom stereocenters. The van der Waals surface area contributed by atoms with Gasteiger partial charge in [0.2, 0.25) is 17.7 Å². The summed E-state index contributed by atoms with van der Waals surface area (Å²) in [4.78, 5) is 14.6. The number of nitrogens with zero attached hydrogens (tertiary/aromatic N) is 3. The number of hydrogen-bond acceptors (Lipinski definition) is 6. The van der Waals surface area contributed by atoms with Gasteiger partial charge in [0.05, 0.1) is 6.04 Å². The molecule has 1 fully saturated rings. The highest BCUT2D eigenvalue weighted by Crippen LogP contribution is 2.32. The van der Waals surface area contributed by atoms with E-state index in [1.807, 2.05) is 16.8 Å². The van der Waals surface area contributed by atoms with Crippen molar-refractivity contribution in [2.24, 2.45) is 0 Å². The van der Waals surface area contributed by atoms with Crippen LogP contribution in [0.15, 0.2) is 39.4 Å². The molecule has 30 heavy (non-hydrogen) atoms. The molecule has 1 aliphatic rings. The number of thiophene rings is 1. The van der Waals surface area contributed by atoms with E-state index >= 15 is 0 Å². The first-order valence-electron chi connectivity index (χ1n) is 9.91. The normalized spacial score (nSPS) is 15.4. The van der Waals surface area contributed by atoms with E-state index in [1.54, 1.807) is 23.5 Å². The van der Waals surface area contributed by atoms with Crippen molar-refractivity contribution in [1.29, 1.82) is 0 Å². The molecule has 0 spiro atoms. The number of carbonyl (C=O) groups is 1. The van der Waals surface area contributed by atoms with Crippen molar-refractivity contribution < 1.29 is 13.6 Å². The van der Waals surface area contributed by atoms with Crippen molar-refractivity contribution in [3.63, 3.8) is 0 Å². The van der Waals surface area contributed by atoms with Crippen molar-refractivity contribution in [2.75, 3.05) is 19.6 Å². The van der Waals surface area contributed by atoms with Crippen LogP contribution in [-0.2, 0) is 11.2 Å². The van der Waals surface area contributed by atoms with Gasteiger partial charge in [-0.25, -0.2) is 4.39 Å². The Morgan fingerprint density at radius 1 is 1.30 bits per heavy atom. The number of benzene rings is 1. The lowest BCUT2D eigenvalue weighted by Gasteiger charge is -2.29. The van der Waals surface area contributed by atoms with E-state index in [0.717, 1.165) is 31.5 Å². The molecule has 9 heteroatoms. The molecule has 1 aromatic carbocycles. The Balaban J connectivity index is 1.36. The molecule has 0 radical (unpaired) electrons. The van der Waals surface area contributed by atoms with E-state index in [9.17, 15) is 9.18 Å². The van der Waals surface area contributed by atoms with Crippen LogP contribution in [0.25, 0.3) is 11.5 Å². The molecule has 0 aliphatic carbocycles. The monoisotopic (exact) mass is 448 g/mol. The van der Waals surface area contributed by atoms with Crippen LogP contribution in [0.1, 0.15) is 36.8 Å². The van der Waals surface area contributed by atoms with Crippen LogP contribution in [0.5, 0.6) is 0 Å². The summed E-state index contributed by atoms with van der Waals surface area (Å²) in [6.45, 7) is 2.01. The molecule has 1 aliphatic heterocycles. The van der Waals surface area contributed by atoms with Crippen LogP contribution in [0.2, 0.25) is 5.02 Å². The van der Waals surface area contributed by atoms with Crippen molar-refractivity contribution in [2.45, 2.75) is 31.7 Å². The average Bonchev–Trinajstić information content (AvgIpc) is 3.50. The zero-order valence-electron chi connectivity index (χ0n) is 16.3. The molecular formula is C21H22ClFN4O2S. The van der Waals surface area contributed by atoms with Crippen LogP contribution < -0.4 is 5.32 Å². The summed E-state index contributed by atoms with van der Waals surface area (Å²) >= 11 is 7.85. The van der Waals surface area contributed by atoms with E-state index in [2.05, 4.69) is 20.4 Å². The zero-order chi connectivity index (χ0) is 20.9. The Bertz CT molecular complexity index is 969. The first-order chi connectivity index (χ1) is 14.6. The van der Waals surface area contributed by atoms with Crippen molar-refractivity contribution >= 4 is 28.8 Å². The van der Waals surface area contributed by atoms with Crippen LogP contribution in [-0.4, -0.2) is 40.6 Å². The standard InChI is InChI=1S/C21H22ClFN4O2S/c22-15-4-3-5-16(23)20(15)17(27-9-1-2-10-27)12-24-18(28)6-7-19-25-26-21(29-19)14-8-11-30-13-14/h3-5,8,11,13,17H,1-2,6-7,9-10,12H2,(H,24,28). The highest BCUT2D eigenvalue weighted by atomic mass is 35.5. The molecule has 1 N–H and O–H groups in total. The summed E-state index contributed by atoms with van der Waals surface area (Å²) in [6.07, 6.45) is 2.67. The summed E-state index contributed by atoms with van der Waals surface area (Å²) in [6, 6.07) is 6.30. The summed E-state index contributed by atoms with van der Waals surface area (Å²) in [5.74, 6) is 0.372. The Hall–Kier alpha value is -2.29. The molecule has 0 bridgehead atoms. The molecule has 3 aromatic rings. The lowest BCUT2D eigenvalue weighted by molar-refractivity contribution is -0.121. The number of carbonyl (C=O) groups excluding carboxylic acids is 1. The molecule has 0 saturated carbocycles. The maximum absolute atomic E-state index is 14.5. The number of likely N-dealkylation sites (tertiary alicyclic amines) is 1. The summed E-state index contributed by atoms with van der Waals surface area (Å²) < 4.78 is 20.1. The number of halogens is 2. The quantitative estimate of drug-likeness (QED) is 0.550. The van der Waals surface area contributed by atoms with E-state index in [0.29, 0.717) is 35.3 Å². The molecule has 1 amide bonds. The predicted molar refractivity (Wildman–Crippen MR) is 114 cm³/mol. The second kappa shape index (κ2) is 9.68. The Morgan fingerprint density at radius 2 is 2.13 bits per heavy atom. The van der Waals surface area contributed by atoms with Crippen molar-refractivity contribution in [1.82, 2.24) is 20.4 Å². The maximum atomic E-state index is 14.5. The van der Waals surface area contributed by atoms with Gasteiger partial charge in [0.25, 0.3) is 0 Å². The largest absolute Gasteiger partial charge is 0.421 e.